The number of ether oxygens (including phenoxy) is 1. The second-order valence-electron chi connectivity index (χ2n) is 7.90. The fourth-order valence-electron chi connectivity index (χ4n) is 4.30. The fraction of sp³-hybridized carbons (Fsp3) is 0.579. The van der Waals surface area contributed by atoms with E-state index >= 15 is 0 Å². The molecule has 0 spiro atoms. The van der Waals surface area contributed by atoms with Crippen LogP contribution >= 0.6 is 0 Å². The van der Waals surface area contributed by atoms with Gasteiger partial charge in [-0.3, -0.25) is 19.5 Å². The van der Waals surface area contributed by atoms with E-state index in [4.69, 9.17) is 4.74 Å². The van der Waals surface area contributed by atoms with E-state index in [2.05, 4.69) is 9.97 Å². The normalized spacial score (nSPS) is 24.1. The molecule has 8 heteroatoms. The van der Waals surface area contributed by atoms with E-state index in [0.29, 0.717) is 13.1 Å². The Bertz CT molecular complexity index is 877. The number of methoxy groups -OCH3 is 1. The topological polar surface area (TPSA) is 80.0 Å². The molecule has 1 amide bonds. The highest BCUT2D eigenvalue weighted by atomic mass is 16.5. The van der Waals surface area contributed by atoms with Crippen molar-refractivity contribution in [3.05, 3.63) is 30.6 Å². The number of aromatic nitrogens is 3. The highest BCUT2D eigenvalue weighted by Gasteiger charge is 2.45. The monoisotopic (exact) mass is 371 g/mol. The Morgan fingerprint density at radius 1 is 1.30 bits per heavy atom. The number of hydrogen-bond acceptors (Lipinski definition) is 6. The minimum Gasteiger partial charge on any atom is -0.468 e. The van der Waals surface area contributed by atoms with Crippen LogP contribution in [0.3, 0.4) is 0 Å². The summed E-state index contributed by atoms with van der Waals surface area (Å²) in [5.74, 6) is -0.0384. The molecule has 8 nitrogen and oxygen atoms in total. The van der Waals surface area contributed by atoms with Gasteiger partial charge in [-0.2, -0.15) is 0 Å². The van der Waals surface area contributed by atoms with Crippen molar-refractivity contribution in [1.29, 1.82) is 0 Å². The lowest BCUT2D eigenvalue weighted by Gasteiger charge is -2.49. The Morgan fingerprint density at radius 3 is 2.89 bits per heavy atom. The van der Waals surface area contributed by atoms with Crippen LogP contribution in [0.2, 0.25) is 0 Å². The van der Waals surface area contributed by atoms with Crippen LogP contribution in [0.15, 0.2) is 24.9 Å². The molecule has 2 atom stereocenters. The highest BCUT2D eigenvalue weighted by Crippen LogP contribution is 2.34. The van der Waals surface area contributed by atoms with Crippen molar-refractivity contribution in [2.75, 3.05) is 26.7 Å². The number of amides is 1. The number of piperazine rings is 1. The van der Waals surface area contributed by atoms with Crippen LogP contribution < -0.4 is 0 Å². The molecule has 0 unspecified atom stereocenters. The summed E-state index contributed by atoms with van der Waals surface area (Å²) in [6, 6.07) is 0.124. The molecule has 27 heavy (non-hydrogen) atoms. The third-order valence-corrected chi connectivity index (χ3v) is 6.02. The zero-order valence-corrected chi connectivity index (χ0v) is 16.0. The molecule has 0 radical (unpaired) electrons. The summed E-state index contributed by atoms with van der Waals surface area (Å²) in [5, 5.41) is 0. The highest BCUT2D eigenvalue weighted by molar-refractivity contribution is 5.84. The van der Waals surface area contributed by atoms with Crippen molar-refractivity contribution in [2.45, 2.75) is 44.2 Å². The number of hydrogen-bond donors (Lipinski definition) is 0. The Kier molecular flexibility index (Phi) is 4.38. The lowest BCUT2D eigenvalue weighted by Crippen LogP contribution is -2.65. The maximum atomic E-state index is 12.9. The molecule has 2 saturated heterocycles. The van der Waals surface area contributed by atoms with Crippen molar-refractivity contribution in [3.63, 3.8) is 0 Å². The third-order valence-electron chi connectivity index (χ3n) is 6.02. The summed E-state index contributed by atoms with van der Waals surface area (Å²) in [6.07, 6.45) is 9.10. The summed E-state index contributed by atoms with van der Waals surface area (Å²) in [7, 11) is 1.39. The summed E-state index contributed by atoms with van der Waals surface area (Å²) in [6.45, 7) is 5.22. The van der Waals surface area contributed by atoms with E-state index in [1.54, 1.807) is 12.5 Å². The van der Waals surface area contributed by atoms with E-state index in [1.807, 2.05) is 40.4 Å². The first-order valence-corrected chi connectivity index (χ1v) is 9.31. The second-order valence-corrected chi connectivity index (χ2v) is 7.90. The molecule has 144 valence electrons. The quantitative estimate of drug-likeness (QED) is 0.751. The Balaban J connectivity index is 1.52. The SMILES string of the molecule is COC(=O)C(C)(C)N1CC(=O)N2C[C@@H](c3ncn4ccncc34)CC[C@@H]2C1. The van der Waals surface area contributed by atoms with Gasteiger partial charge in [0.15, 0.2) is 0 Å². The van der Waals surface area contributed by atoms with E-state index in [9.17, 15) is 9.59 Å². The molecule has 2 aliphatic heterocycles. The Labute approximate surface area is 158 Å². The first kappa shape index (κ1) is 17.9. The van der Waals surface area contributed by atoms with Gasteiger partial charge in [0.25, 0.3) is 0 Å². The molecule has 0 saturated carbocycles. The summed E-state index contributed by atoms with van der Waals surface area (Å²) in [5.41, 5.74) is 1.20. The van der Waals surface area contributed by atoms with E-state index in [1.165, 1.54) is 7.11 Å². The zero-order chi connectivity index (χ0) is 19.2. The number of fused-ring (bicyclic) bond motifs is 2. The van der Waals surface area contributed by atoms with Gasteiger partial charge in [-0.15, -0.1) is 0 Å². The van der Waals surface area contributed by atoms with Gasteiger partial charge in [-0.1, -0.05) is 0 Å². The lowest BCUT2D eigenvalue weighted by atomic mass is 9.87. The molecule has 2 fully saturated rings. The van der Waals surface area contributed by atoms with E-state index in [0.717, 1.165) is 24.1 Å². The largest absolute Gasteiger partial charge is 0.468 e. The molecule has 4 heterocycles. The Hall–Kier alpha value is -2.48. The molecule has 0 bridgehead atoms. The molecule has 2 aromatic heterocycles. The molecule has 2 aliphatic rings. The van der Waals surface area contributed by atoms with Crippen LogP contribution in [-0.2, 0) is 14.3 Å². The standard InChI is InChI=1S/C19H25N5O3/c1-19(2,18(26)27-3)23-10-14-5-4-13(9-24(14)16(25)11-23)17-15-8-20-6-7-22(15)12-21-17/h6-8,12-14H,4-5,9-11H2,1-3H3/t13-,14+/m0/s1. The van der Waals surface area contributed by atoms with Crippen molar-refractivity contribution in [1.82, 2.24) is 24.2 Å². The van der Waals surface area contributed by atoms with Gasteiger partial charge in [0.05, 0.1) is 37.4 Å². The van der Waals surface area contributed by atoms with Crippen LogP contribution in [0.4, 0.5) is 0 Å². The van der Waals surface area contributed by atoms with Gasteiger partial charge in [0.2, 0.25) is 5.91 Å². The number of imidazole rings is 1. The van der Waals surface area contributed by atoms with Crippen LogP contribution in [0.1, 0.15) is 38.3 Å². The molecular formula is C19H25N5O3. The first-order valence-electron chi connectivity index (χ1n) is 9.31. The van der Waals surface area contributed by atoms with Crippen LogP contribution in [0.25, 0.3) is 5.52 Å². The van der Waals surface area contributed by atoms with Gasteiger partial charge in [0.1, 0.15) is 5.54 Å². The predicted octanol–water partition coefficient (Wildman–Crippen LogP) is 1.07. The van der Waals surface area contributed by atoms with Gasteiger partial charge in [-0.25, -0.2) is 4.98 Å². The predicted molar refractivity (Wildman–Crippen MR) is 98.1 cm³/mol. The van der Waals surface area contributed by atoms with Crippen molar-refractivity contribution in [2.24, 2.45) is 0 Å². The average Bonchev–Trinajstić information content (AvgIpc) is 3.11. The number of carbonyl (C=O) groups is 2. The molecule has 0 N–H and O–H groups in total. The molecule has 2 aromatic rings. The van der Waals surface area contributed by atoms with Gasteiger partial charge >= 0.3 is 5.97 Å². The van der Waals surface area contributed by atoms with E-state index in [-0.39, 0.29) is 30.4 Å². The Morgan fingerprint density at radius 2 is 2.11 bits per heavy atom. The smallest absolute Gasteiger partial charge is 0.325 e. The molecular weight excluding hydrogens is 346 g/mol. The molecule has 0 aromatic carbocycles. The van der Waals surface area contributed by atoms with Gasteiger partial charge in [0, 0.05) is 37.4 Å². The number of esters is 1. The van der Waals surface area contributed by atoms with Gasteiger partial charge in [-0.05, 0) is 26.7 Å². The number of piperidine rings is 1. The van der Waals surface area contributed by atoms with E-state index < -0.39 is 5.54 Å². The zero-order valence-electron chi connectivity index (χ0n) is 16.0. The van der Waals surface area contributed by atoms with Crippen molar-refractivity contribution >= 4 is 17.4 Å². The lowest BCUT2D eigenvalue weighted by molar-refractivity contribution is -0.160. The fourth-order valence-corrected chi connectivity index (χ4v) is 4.30. The summed E-state index contributed by atoms with van der Waals surface area (Å²) in [4.78, 5) is 37.7. The number of rotatable bonds is 3. The van der Waals surface area contributed by atoms with Crippen molar-refractivity contribution < 1.29 is 14.3 Å². The maximum absolute atomic E-state index is 12.9. The molecule has 4 rings (SSSR count). The summed E-state index contributed by atoms with van der Waals surface area (Å²) < 4.78 is 6.89. The third kappa shape index (κ3) is 2.97. The minimum atomic E-state index is -0.806. The van der Waals surface area contributed by atoms with Crippen molar-refractivity contribution in [3.8, 4) is 0 Å². The van der Waals surface area contributed by atoms with Crippen LogP contribution in [0, 0.1) is 0 Å². The first-order chi connectivity index (χ1) is 12.9. The van der Waals surface area contributed by atoms with Crippen LogP contribution in [0.5, 0.6) is 0 Å². The average molecular weight is 371 g/mol. The number of nitrogens with zero attached hydrogens (tertiary/aromatic N) is 5. The van der Waals surface area contributed by atoms with Gasteiger partial charge < -0.3 is 14.0 Å². The number of carbonyl (C=O) groups excluding carboxylic acids is 2. The second kappa shape index (κ2) is 6.60. The maximum Gasteiger partial charge on any atom is 0.325 e. The van der Waals surface area contributed by atoms with Crippen LogP contribution in [-0.4, -0.2) is 74.4 Å². The minimum absolute atomic E-state index is 0.0644. The molecule has 0 aliphatic carbocycles. The summed E-state index contributed by atoms with van der Waals surface area (Å²) >= 11 is 0.